The van der Waals surface area contributed by atoms with Crippen LogP contribution in [0.15, 0.2) is 41.0 Å². The number of unbranched alkanes of at least 4 members (excludes halogenated alkanes) is 4. The summed E-state index contributed by atoms with van der Waals surface area (Å²) >= 11 is 0. The molecular formula is C20H29NO3. The molecule has 0 radical (unpaired) electrons. The summed E-state index contributed by atoms with van der Waals surface area (Å²) in [6.45, 7) is 4.45. The van der Waals surface area contributed by atoms with Crippen molar-refractivity contribution in [3.05, 3.63) is 47.9 Å². The topological polar surface area (TPSA) is 43.6 Å². The summed E-state index contributed by atoms with van der Waals surface area (Å²) in [6.07, 6.45) is 7.87. The summed E-state index contributed by atoms with van der Waals surface area (Å²) in [5.74, 6) is 2.55. The van der Waals surface area contributed by atoms with Crippen LogP contribution in [-0.2, 0) is 13.1 Å². The molecule has 132 valence electrons. The van der Waals surface area contributed by atoms with Crippen LogP contribution in [-0.4, -0.2) is 13.7 Å². The van der Waals surface area contributed by atoms with Gasteiger partial charge in [0.25, 0.3) is 0 Å². The monoisotopic (exact) mass is 331 g/mol. The maximum atomic E-state index is 5.87. The van der Waals surface area contributed by atoms with Crippen LogP contribution in [0.3, 0.4) is 0 Å². The smallest absolute Gasteiger partial charge is 0.161 e. The lowest BCUT2D eigenvalue weighted by Gasteiger charge is -2.12. The number of methoxy groups -OCH3 is 1. The largest absolute Gasteiger partial charge is 0.493 e. The Labute approximate surface area is 145 Å². The van der Waals surface area contributed by atoms with Gasteiger partial charge >= 0.3 is 0 Å². The lowest BCUT2D eigenvalue weighted by molar-refractivity contribution is 0.284. The van der Waals surface area contributed by atoms with E-state index in [9.17, 15) is 0 Å². The van der Waals surface area contributed by atoms with E-state index in [0.717, 1.165) is 42.4 Å². The highest BCUT2D eigenvalue weighted by Gasteiger charge is 2.06. The third-order valence-corrected chi connectivity index (χ3v) is 3.94. The molecule has 1 N–H and O–H groups in total. The highest BCUT2D eigenvalue weighted by molar-refractivity contribution is 5.42. The van der Waals surface area contributed by atoms with E-state index in [1.807, 2.05) is 24.3 Å². The van der Waals surface area contributed by atoms with Gasteiger partial charge in [-0.1, -0.05) is 38.7 Å². The molecule has 2 aromatic rings. The molecule has 0 unspecified atom stereocenters. The van der Waals surface area contributed by atoms with Gasteiger partial charge in [-0.3, -0.25) is 0 Å². The predicted molar refractivity (Wildman–Crippen MR) is 96.5 cm³/mol. The van der Waals surface area contributed by atoms with Gasteiger partial charge in [0.05, 0.1) is 26.5 Å². The molecule has 1 aromatic heterocycles. The highest BCUT2D eigenvalue weighted by Crippen LogP contribution is 2.28. The summed E-state index contributed by atoms with van der Waals surface area (Å²) in [6, 6.07) is 9.96. The molecule has 24 heavy (non-hydrogen) atoms. The average molecular weight is 331 g/mol. The van der Waals surface area contributed by atoms with Crippen molar-refractivity contribution in [1.82, 2.24) is 5.32 Å². The molecule has 1 aromatic carbocycles. The zero-order valence-corrected chi connectivity index (χ0v) is 14.8. The number of hydrogen-bond donors (Lipinski definition) is 1. The van der Waals surface area contributed by atoms with E-state index in [1.165, 1.54) is 25.7 Å². The molecule has 2 rings (SSSR count). The Morgan fingerprint density at radius 2 is 1.88 bits per heavy atom. The number of hydrogen-bond acceptors (Lipinski definition) is 4. The number of rotatable bonds is 12. The number of furan rings is 1. The van der Waals surface area contributed by atoms with Crippen LogP contribution in [0.5, 0.6) is 11.5 Å². The first kappa shape index (κ1) is 18.4. The number of ether oxygens (including phenoxy) is 2. The van der Waals surface area contributed by atoms with Gasteiger partial charge in [0, 0.05) is 6.54 Å². The quantitative estimate of drug-likeness (QED) is 0.560. The van der Waals surface area contributed by atoms with E-state index >= 15 is 0 Å². The molecule has 0 saturated heterocycles. The van der Waals surface area contributed by atoms with Gasteiger partial charge in [-0.2, -0.15) is 0 Å². The second-order valence-corrected chi connectivity index (χ2v) is 5.93. The minimum absolute atomic E-state index is 0.714. The fourth-order valence-electron chi connectivity index (χ4n) is 2.57. The summed E-state index contributed by atoms with van der Waals surface area (Å²) in [5.41, 5.74) is 1.16. The third kappa shape index (κ3) is 6.28. The van der Waals surface area contributed by atoms with Crippen molar-refractivity contribution < 1.29 is 13.9 Å². The average Bonchev–Trinajstić information content (AvgIpc) is 3.12. The van der Waals surface area contributed by atoms with Gasteiger partial charge in [-0.25, -0.2) is 0 Å². The molecule has 0 fully saturated rings. The Balaban J connectivity index is 1.76. The normalized spacial score (nSPS) is 10.8. The van der Waals surface area contributed by atoms with Crippen molar-refractivity contribution in [2.24, 2.45) is 0 Å². The van der Waals surface area contributed by atoms with Crippen molar-refractivity contribution in [2.45, 2.75) is 52.1 Å². The lowest BCUT2D eigenvalue weighted by atomic mass is 10.1. The second-order valence-electron chi connectivity index (χ2n) is 5.93. The number of nitrogens with one attached hydrogen (secondary N) is 1. The summed E-state index contributed by atoms with van der Waals surface area (Å²) in [7, 11) is 1.68. The van der Waals surface area contributed by atoms with E-state index < -0.39 is 0 Å². The van der Waals surface area contributed by atoms with Gasteiger partial charge in [0.2, 0.25) is 0 Å². The van der Waals surface area contributed by atoms with Crippen LogP contribution in [0.25, 0.3) is 0 Å². The second kappa shape index (κ2) is 10.8. The molecule has 0 amide bonds. The van der Waals surface area contributed by atoms with Gasteiger partial charge < -0.3 is 19.2 Å². The molecular weight excluding hydrogens is 302 g/mol. The maximum Gasteiger partial charge on any atom is 0.161 e. The standard InChI is InChI=1S/C20H29NO3/c1-3-4-5-6-7-12-24-19-11-10-17(14-20(19)22-2)15-21-16-18-9-8-13-23-18/h8-11,13-14,21H,3-7,12,15-16H2,1-2H3. The zero-order valence-electron chi connectivity index (χ0n) is 14.8. The first-order chi connectivity index (χ1) is 11.8. The molecule has 4 nitrogen and oxygen atoms in total. The Bertz CT molecular complexity index is 566. The van der Waals surface area contributed by atoms with E-state index in [-0.39, 0.29) is 0 Å². The minimum atomic E-state index is 0.714. The van der Waals surface area contributed by atoms with Crippen LogP contribution >= 0.6 is 0 Å². The van der Waals surface area contributed by atoms with E-state index in [1.54, 1.807) is 13.4 Å². The maximum absolute atomic E-state index is 5.87. The van der Waals surface area contributed by atoms with Gasteiger partial charge in [0.1, 0.15) is 5.76 Å². The van der Waals surface area contributed by atoms with Gasteiger partial charge in [-0.15, -0.1) is 0 Å². The highest BCUT2D eigenvalue weighted by atomic mass is 16.5. The van der Waals surface area contributed by atoms with E-state index in [4.69, 9.17) is 13.9 Å². The van der Waals surface area contributed by atoms with Gasteiger partial charge in [-0.05, 0) is 36.2 Å². The first-order valence-electron chi connectivity index (χ1n) is 8.86. The van der Waals surface area contributed by atoms with Crippen LogP contribution in [0, 0.1) is 0 Å². The summed E-state index contributed by atoms with van der Waals surface area (Å²) < 4.78 is 16.6. The Hall–Kier alpha value is -1.94. The summed E-state index contributed by atoms with van der Waals surface area (Å²) in [4.78, 5) is 0. The molecule has 0 aliphatic carbocycles. The zero-order chi connectivity index (χ0) is 17.0. The third-order valence-electron chi connectivity index (χ3n) is 3.94. The van der Waals surface area contributed by atoms with Crippen LogP contribution < -0.4 is 14.8 Å². The van der Waals surface area contributed by atoms with Crippen LogP contribution in [0.1, 0.15) is 50.4 Å². The van der Waals surface area contributed by atoms with E-state index in [0.29, 0.717) is 6.54 Å². The summed E-state index contributed by atoms with van der Waals surface area (Å²) in [5, 5.41) is 3.36. The van der Waals surface area contributed by atoms with Gasteiger partial charge in [0.15, 0.2) is 11.5 Å². The van der Waals surface area contributed by atoms with Crippen molar-refractivity contribution in [3.8, 4) is 11.5 Å². The molecule has 0 saturated carbocycles. The molecule has 0 bridgehead atoms. The molecule has 0 spiro atoms. The molecule has 4 heteroatoms. The predicted octanol–water partition coefficient (Wildman–Crippen LogP) is 4.93. The van der Waals surface area contributed by atoms with Crippen molar-refractivity contribution in [2.75, 3.05) is 13.7 Å². The van der Waals surface area contributed by atoms with Crippen molar-refractivity contribution in [3.63, 3.8) is 0 Å². The molecule has 0 aliphatic heterocycles. The SMILES string of the molecule is CCCCCCCOc1ccc(CNCc2ccco2)cc1OC. The Kier molecular flexibility index (Phi) is 8.25. The molecule has 0 aliphatic rings. The minimum Gasteiger partial charge on any atom is -0.493 e. The lowest BCUT2D eigenvalue weighted by Crippen LogP contribution is -2.12. The molecule has 0 atom stereocenters. The van der Waals surface area contributed by atoms with Crippen LogP contribution in [0.4, 0.5) is 0 Å². The number of benzene rings is 1. The first-order valence-corrected chi connectivity index (χ1v) is 8.86. The fourth-order valence-corrected chi connectivity index (χ4v) is 2.57. The molecule has 1 heterocycles. The fraction of sp³-hybridized carbons (Fsp3) is 0.500. The Morgan fingerprint density at radius 1 is 1.00 bits per heavy atom. The van der Waals surface area contributed by atoms with Crippen LogP contribution in [0.2, 0.25) is 0 Å². The van der Waals surface area contributed by atoms with E-state index in [2.05, 4.69) is 18.3 Å². The van der Waals surface area contributed by atoms with Crippen molar-refractivity contribution >= 4 is 0 Å². The van der Waals surface area contributed by atoms with Crippen molar-refractivity contribution in [1.29, 1.82) is 0 Å². The Morgan fingerprint density at radius 3 is 2.62 bits per heavy atom.